The zero-order valence-electron chi connectivity index (χ0n) is 12.3. The Morgan fingerprint density at radius 2 is 2.32 bits per heavy atom. The Hall–Kier alpha value is -2.37. The maximum atomic E-state index is 12.5. The van der Waals surface area contributed by atoms with Gasteiger partial charge >= 0.3 is 0 Å². The van der Waals surface area contributed by atoms with Crippen LogP contribution in [0.15, 0.2) is 39.8 Å². The molecule has 1 aliphatic heterocycles. The lowest BCUT2D eigenvalue weighted by Gasteiger charge is -2.35. The molecule has 0 saturated carbocycles. The fourth-order valence-electron chi connectivity index (χ4n) is 2.96. The van der Waals surface area contributed by atoms with Crippen LogP contribution in [0.1, 0.15) is 41.9 Å². The Balaban J connectivity index is 1.68. The van der Waals surface area contributed by atoms with E-state index in [1.807, 2.05) is 23.1 Å². The van der Waals surface area contributed by atoms with Crippen molar-refractivity contribution in [2.45, 2.75) is 38.1 Å². The van der Waals surface area contributed by atoms with E-state index >= 15 is 0 Å². The normalized spacial score (nSPS) is 18.4. The van der Waals surface area contributed by atoms with Crippen molar-refractivity contribution in [3.8, 4) is 0 Å². The highest BCUT2D eigenvalue weighted by Gasteiger charge is 2.29. The fourth-order valence-corrected chi connectivity index (χ4v) is 2.96. The average molecular weight is 301 g/mol. The first-order valence-corrected chi connectivity index (χ1v) is 7.63. The van der Waals surface area contributed by atoms with Gasteiger partial charge in [-0.05, 0) is 44.2 Å². The van der Waals surface area contributed by atoms with Crippen molar-refractivity contribution in [3.63, 3.8) is 0 Å². The summed E-state index contributed by atoms with van der Waals surface area (Å²) in [5.41, 5.74) is 0.652. The Kier molecular flexibility index (Phi) is 4.37. The zero-order chi connectivity index (χ0) is 15.4. The van der Waals surface area contributed by atoms with Crippen LogP contribution in [-0.2, 0) is 6.42 Å². The van der Waals surface area contributed by atoms with E-state index in [0.29, 0.717) is 6.54 Å². The van der Waals surface area contributed by atoms with Crippen molar-refractivity contribution in [1.82, 2.24) is 15.0 Å². The lowest BCUT2D eigenvalue weighted by Crippen LogP contribution is -2.43. The first kappa shape index (κ1) is 14.6. The topological polar surface area (TPSA) is 79.2 Å². The second-order valence-corrected chi connectivity index (χ2v) is 5.58. The van der Waals surface area contributed by atoms with Crippen LogP contribution >= 0.6 is 0 Å². The average Bonchev–Trinajstić information content (AvgIpc) is 3.00. The number of nitrogens with zero attached hydrogens (tertiary/aromatic N) is 2. The van der Waals surface area contributed by atoms with Gasteiger partial charge in [0.2, 0.25) is 5.76 Å². The van der Waals surface area contributed by atoms with Gasteiger partial charge in [-0.2, -0.15) is 5.16 Å². The number of rotatable bonds is 4. The quantitative estimate of drug-likeness (QED) is 0.936. The molecular weight excluding hydrogens is 282 g/mol. The van der Waals surface area contributed by atoms with Gasteiger partial charge in [0, 0.05) is 24.5 Å². The molecule has 3 heterocycles. The number of pyridine rings is 1. The van der Waals surface area contributed by atoms with E-state index in [-0.39, 0.29) is 23.3 Å². The molecule has 1 aliphatic rings. The highest BCUT2D eigenvalue weighted by molar-refractivity contribution is 5.91. The van der Waals surface area contributed by atoms with E-state index < -0.39 is 0 Å². The van der Waals surface area contributed by atoms with Gasteiger partial charge in [0.15, 0.2) is 0 Å². The summed E-state index contributed by atoms with van der Waals surface area (Å²) < 4.78 is 4.95. The number of hydrogen-bond donors (Lipinski definition) is 1. The summed E-state index contributed by atoms with van der Waals surface area (Å²) in [4.78, 5) is 29.8. The van der Waals surface area contributed by atoms with Crippen LogP contribution in [0.5, 0.6) is 0 Å². The Labute approximate surface area is 128 Å². The first-order chi connectivity index (χ1) is 10.7. The lowest BCUT2D eigenvalue weighted by molar-refractivity contribution is 0.0559. The molecule has 0 radical (unpaired) electrons. The molecule has 116 valence electrons. The summed E-state index contributed by atoms with van der Waals surface area (Å²) >= 11 is 0. The molecule has 1 saturated heterocycles. The van der Waals surface area contributed by atoms with Gasteiger partial charge < -0.3 is 9.42 Å². The molecule has 1 atom stereocenters. The maximum absolute atomic E-state index is 12.5. The molecule has 6 heteroatoms. The first-order valence-electron chi connectivity index (χ1n) is 7.63. The highest BCUT2D eigenvalue weighted by Crippen LogP contribution is 2.22. The summed E-state index contributed by atoms with van der Waals surface area (Å²) in [6.45, 7) is 0.709. The molecule has 2 aromatic heterocycles. The molecule has 0 aromatic carbocycles. The minimum atomic E-state index is -0.384. The third-order valence-electron chi connectivity index (χ3n) is 4.08. The molecule has 1 unspecified atom stereocenters. The van der Waals surface area contributed by atoms with Crippen molar-refractivity contribution >= 4 is 5.91 Å². The minimum Gasteiger partial charge on any atom is -0.373 e. The van der Waals surface area contributed by atoms with Gasteiger partial charge in [-0.1, -0.05) is 6.07 Å². The monoisotopic (exact) mass is 301 g/mol. The highest BCUT2D eigenvalue weighted by atomic mass is 16.5. The number of nitrogens with one attached hydrogen (secondary N) is 1. The lowest BCUT2D eigenvalue weighted by atomic mass is 9.96. The minimum absolute atomic E-state index is 0.0923. The van der Waals surface area contributed by atoms with Gasteiger partial charge in [0.05, 0.1) is 6.07 Å². The summed E-state index contributed by atoms with van der Waals surface area (Å²) in [7, 11) is 0. The number of hydrogen-bond acceptors (Lipinski definition) is 4. The Morgan fingerprint density at radius 1 is 1.41 bits per heavy atom. The number of H-pyrrole nitrogens is 1. The molecule has 0 spiro atoms. The van der Waals surface area contributed by atoms with Gasteiger partial charge in [0.1, 0.15) is 0 Å². The summed E-state index contributed by atoms with van der Waals surface area (Å²) in [5.74, 6) is -0.112. The van der Waals surface area contributed by atoms with Gasteiger partial charge in [-0.25, -0.2) is 0 Å². The number of likely N-dealkylation sites (tertiary alicyclic amines) is 1. The van der Waals surface area contributed by atoms with Crippen molar-refractivity contribution < 1.29 is 9.32 Å². The summed E-state index contributed by atoms with van der Waals surface area (Å²) in [6.07, 6.45) is 6.58. The number of aromatic amines is 1. The predicted molar refractivity (Wildman–Crippen MR) is 80.6 cm³/mol. The molecular formula is C16H19N3O3. The smallest absolute Gasteiger partial charge is 0.292 e. The molecule has 0 aliphatic carbocycles. The number of aromatic nitrogens is 2. The van der Waals surface area contributed by atoms with Crippen LogP contribution in [-0.4, -0.2) is 33.5 Å². The predicted octanol–water partition coefficient (Wildman–Crippen LogP) is 1.99. The largest absolute Gasteiger partial charge is 0.373 e. The molecule has 6 nitrogen and oxygen atoms in total. The summed E-state index contributed by atoms with van der Waals surface area (Å²) in [6, 6.07) is 7.25. The van der Waals surface area contributed by atoms with Crippen molar-refractivity contribution in [2.75, 3.05) is 6.54 Å². The molecule has 1 amide bonds. The number of carbonyl (C=O) groups excluding carboxylic acids is 1. The Morgan fingerprint density at radius 3 is 3.05 bits per heavy atom. The van der Waals surface area contributed by atoms with Gasteiger partial charge in [-0.3, -0.25) is 14.6 Å². The van der Waals surface area contributed by atoms with E-state index in [4.69, 9.17) is 4.52 Å². The summed E-state index contributed by atoms with van der Waals surface area (Å²) in [5, 5.41) is 2.17. The zero-order valence-corrected chi connectivity index (χ0v) is 12.3. The van der Waals surface area contributed by atoms with Crippen LogP contribution < -0.4 is 5.56 Å². The van der Waals surface area contributed by atoms with E-state index in [2.05, 4.69) is 10.1 Å². The number of aryl methyl sites for hydroxylation is 1. The van der Waals surface area contributed by atoms with Crippen LogP contribution in [0.2, 0.25) is 0 Å². The van der Waals surface area contributed by atoms with Gasteiger partial charge in [-0.15, -0.1) is 0 Å². The van der Waals surface area contributed by atoms with Gasteiger partial charge in [0.25, 0.3) is 11.5 Å². The van der Waals surface area contributed by atoms with E-state index in [1.165, 1.54) is 6.07 Å². The number of piperidine rings is 1. The number of amides is 1. The third kappa shape index (κ3) is 3.27. The van der Waals surface area contributed by atoms with Crippen LogP contribution in [0.25, 0.3) is 0 Å². The molecule has 0 bridgehead atoms. The second-order valence-electron chi connectivity index (χ2n) is 5.58. The Bertz CT molecular complexity index is 677. The SMILES string of the molecule is O=C(c1cc(=O)[nH]o1)N1CCCCC1CCc1ccccn1. The second kappa shape index (κ2) is 6.60. The van der Waals surface area contributed by atoms with Crippen LogP contribution in [0.3, 0.4) is 0 Å². The van der Waals surface area contributed by atoms with Crippen LogP contribution in [0, 0.1) is 0 Å². The molecule has 2 aromatic rings. The fraction of sp³-hybridized carbons (Fsp3) is 0.438. The van der Waals surface area contributed by atoms with Crippen molar-refractivity contribution in [1.29, 1.82) is 0 Å². The molecule has 1 fully saturated rings. The van der Waals surface area contributed by atoms with E-state index in [1.54, 1.807) is 6.20 Å². The van der Waals surface area contributed by atoms with Crippen molar-refractivity contribution in [2.24, 2.45) is 0 Å². The third-order valence-corrected chi connectivity index (χ3v) is 4.08. The molecule has 22 heavy (non-hydrogen) atoms. The van der Waals surface area contributed by atoms with Crippen LogP contribution in [0.4, 0.5) is 0 Å². The maximum Gasteiger partial charge on any atom is 0.292 e. The molecule has 1 N–H and O–H groups in total. The van der Waals surface area contributed by atoms with E-state index in [0.717, 1.165) is 37.8 Å². The van der Waals surface area contributed by atoms with Crippen molar-refractivity contribution in [3.05, 3.63) is 52.3 Å². The van der Waals surface area contributed by atoms with E-state index in [9.17, 15) is 9.59 Å². The standard InChI is InChI=1S/C16H19N3O3/c20-15-11-14(22-18-15)16(21)19-10-4-2-6-13(19)8-7-12-5-1-3-9-17-12/h1,3,5,9,11,13H,2,4,6-8,10H2,(H,18,20). The molecule has 3 rings (SSSR count). The number of carbonyl (C=O) groups is 1.